The minimum Gasteiger partial charge on any atom is -0.266 e. The maximum Gasteiger partial charge on any atom is 0.346 e. The van der Waals surface area contributed by atoms with Crippen LogP contribution in [0.25, 0.3) is 0 Å². The van der Waals surface area contributed by atoms with E-state index in [2.05, 4.69) is 33.7 Å². The van der Waals surface area contributed by atoms with Crippen LogP contribution in [0.2, 0.25) is 0 Å². The summed E-state index contributed by atoms with van der Waals surface area (Å²) in [6, 6.07) is 0. The first-order valence-corrected chi connectivity index (χ1v) is 7.00. The molecular weight excluding hydrogens is 264 g/mol. The van der Waals surface area contributed by atoms with Gasteiger partial charge in [-0.1, -0.05) is 47.0 Å². The van der Waals surface area contributed by atoms with Crippen LogP contribution in [0.5, 0.6) is 0 Å². The molecule has 0 saturated heterocycles. The van der Waals surface area contributed by atoms with Gasteiger partial charge in [-0.15, -0.1) is 0 Å². The van der Waals surface area contributed by atoms with E-state index in [0.29, 0.717) is 5.92 Å². The van der Waals surface area contributed by atoms with E-state index in [1.165, 1.54) is 0 Å². The summed E-state index contributed by atoms with van der Waals surface area (Å²) >= 11 is 0. The first-order valence-electron chi connectivity index (χ1n) is 7.00. The monoisotopic (exact) mass is 290 g/mol. The van der Waals surface area contributed by atoms with Crippen LogP contribution >= 0.6 is 0 Å². The quantitative estimate of drug-likeness (QED) is 0.348. The molecule has 118 valence electrons. The van der Waals surface area contributed by atoms with Gasteiger partial charge in [0.2, 0.25) is 0 Å². The maximum absolute atomic E-state index is 11.6. The summed E-state index contributed by atoms with van der Waals surface area (Å²) in [6.45, 7) is 9.57. The molecule has 0 aromatic rings. The van der Waals surface area contributed by atoms with E-state index in [1.807, 2.05) is 13.8 Å². The van der Waals surface area contributed by atoms with Crippen LogP contribution < -0.4 is 0 Å². The van der Waals surface area contributed by atoms with Gasteiger partial charge in [0.15, 0.2) is 0 Å². The largest absolute Gasteiger partial charge is 0.346 e. The van der Waals surface area contributed by atoms with E-state index in [4.69, 9.17) is 0 Å². The second-order valence-corrected chi connectivity index (χ2v) is 5.79. The summed E-state index contributed by atoms with van der Waals surface area (Å²) < 4.78 is 0. The molecule has 0 aromatic carbocycles. The average molecular weight is 290 g/mol. The van der Waals surface area contributed by atoms with E-state index in [1.54, 1.807) is 0 Å². The lowest BCUT2D eigenvalue weighted by Gasteiger charge is -2.26. The normalized spacial score (nSPS) is 13.9. The minimum absolute atomic E-state index is 0.128. The molecule has 0 bridgehead atoms. The highest BCUT2D eigenvalue weighted by Crippen LogP contribution is 2.33. The van der Waals surface area contributed by atoms with Crippen molar-refractivity contribution >= 4 is 11.9 Å². The molecule has 6 nitrogen and oxygen atoms in total. The molecule has 20 heavy (non-hydrogen) atoms. The minimum atomic E-state index is -0.701. The standard InChI is InChI=1S/C14H26O6/c1-6-14(5,9-7-8-11(2)3)10-13(16)18-20-19-17-12(4)15/h11H,6-10H2,1-5H3. The van der Waals surface area contributed by atoms with Crippen molar-refractivity contribution in [3.05, 3.63) is 0 Å². The van der Waals surface area contributed by atoms with Crippen LogP contribution in [0.4, 0.5) is 0 Å². The van der Waals surface area contributed by atoms with E-state index in [0.717, 1.165) is 32.6 Å². The zero-order valence-corrected chi connectivity index (χ0v) is 13.1. The van der Waals surface area contributed by atoms with E-state index in [-0.39, 0.29) is 11.8 Å². The number of carbonyl (C=O) groups excluding carboxylic acids is 2. The summed E-state index contributed by atoms with van der Waals surface area (Å²) in [7, 11) is 0. The van der Waals surface area contributed by atoms with Crippen LogP contribution in [0.15, 0.2) is 0 Å². The van der Waals surface area contributed by atoms with Gasteiger partial charge >= 0.3 is 11.9 Å². The molecule has 0 saturated carbocycles. The molecule has 0 aliphatic rings. The first kappa shape index (κ1) is 18.9. The summed E-state index contributed by atoms with van der Waals surface area (Å²) in [5, 5.41) is 7.98. The molecule has 0 fully saturated rings. The third kappa shape index (κ3) is 9.75. The third-order valence-electron chi connectivity index (χ3n) is 3.29. The summed E-state index contributed by atoms with van der Waals surface area (Å²) in [4.78, 5) is 30.3. The predicted molar refractivity (Wildman–Crippen MR) is 71.7 cm³/mol. The number of hydrogen-bond acceptors (Lipinski definition) is 6. The zero-order chi connectivity index (χ0) is 15.6. The lowest BCUT2D eigenvalue weighted by molar-refractivity contribution is -0.600. The topological polar surface area (TPSA) is 71.1 Å². The van der Waals surface area contributed by atoms with Gasteiger partial charge in [-0.2, -0.15) is 0 Å². The van der Waals surface area contributed by atoms with Crippen molar-refractivity contribution < 1.29 is 29.4 Å². The van der Waals surface area contributed by atoms with Gasteiger partial charge in [-0.3, -0.25) is 9.78 Å². The van der Waals surface area contributed by atoms with Gasteiger partial charge in [0.1, 0.15) is 0 Å². The molecule has 0 aliphatic heterocycles. The maximum atomic E-state index is 11.6. The van der Waals surface area contributed by atoms with Crippen molar-refractivity contribution in [2.75, 3.05) is 0 Å². The average Bonchev–Trinajstić information content (AvgIpc) is 2.34. The van der Waals surface area contributed by atoms with Crippen LogP contribution in [-0.2, 0) is 29.4 Å². The zero-order valence-electron chi connectivity index (χ0n) is 13.1. The fourth-order valence-corrected chi connectivity index (χ4v) is 1.82. The van der Waals surface area contributed by atoms with Crippen molar-refractivity contribution in [3.8, 4) is 0 Å². The third-order valence-corrected chi connectivity index (χ3v) is 3.29. The molecule has 1 unspecified atom stereocenters. The second-order valence-electron chi connectivity index (χ2n) is 5.79. The van der Waals surface area contributed by atoms with Gasteiger partial charge in [-0.05, 0) is 17.8 Å². The molecule has 6 heteroatoms. The second kappa shape index (κ2) is 9.72. The molecule has 0 rings (SSSR count). The Bertz CT molecular complexity index is 302. The molecule has 0 aromatic heterocycles. The Morgan fingerprint density at radius 2 is 1.75 bits per heavy atom. The van der Waals surface area contributed by atoms with Crippen molar-refractivity contribution in [1.29, 1.82) is 0 Å². The lowest BCUT2D eigenvalue weighted by Crippen LogP contribution is -2.22. The number of hydrogen-bond donors (Lipinski definition) is 0. The first-order chi connectivity index (χ1) is 9.29. The molecule has 0 amide bonds. The Morgan fingerprint density at radius 1 is 1.15 bits per heavy atom. The molecule has 0 spiro atoms. The van der Waals surface area contributed by atoms with Gasteiger partial charge < -0.3 is 0 Å². The van der Waals surface area contributed by atoms with Gasteiger partial charge in [-0.25, -0.2) is 9.59 Å². The van der Waals surface area contributed by atoms with Crippen molar-refractivity contribution in [3.63, 3.8) is 0 Å². The van der Waals surface area contributed by atoms with Crippen LogP contribution in [0, 0.1) is 11.3 Å². The molecule has 0 aliphatic carbocycles. The van der Waals surface area contributed by atoms with Gasteiger partial charge in [0.05, 0.1) is 6.42 Å². The van der Waals surface area contributed by atoms with Gasteiger partial charge in [0, 0.05) is 17.0 Å². The Balaban J connectivity index is 3.99. The predicted octanol–water partition coefficient (Wildman–Crippen LogP) is 3.50. The molecule has 0 radical (unpaired) electrons. The Morgan fingerprint density at radius 3 is 2.25 bits per heavy atom. The highest BCUT2D eigenvalue weighted by Gasteiger charge is 2.27. The lowest BCUT2D eigenvalue weighted by atomic mass is 9.79. The highest BCUT2D eigenvalue weighted by atomic mass is 17.7. The molecule has 0 heterocycles. The summed E-state index contributed by atoms with van der Waals surface area (Å²) in [5.74, 6) is -0.595. The molecule has 1 atom stereocenters. The molecule has 0 N–H and O–H groups in total. The fraction of sp³-hybridized carbons (Fsp3) is 0.857. The van der Waals surface area contributed by atoms with Gasteiger partial charge in [0.25, 0.3) is 0 Å². The van der Waals surface area contributed by atoms with Crippen LogP contribution in [-0.4, -0.2) is 11.9 Å². The van der Waals surface area contributed by atoms with Crippen molar-refractivity contribution in [2.45, 2.75) is 66.7 Å². The van der Waals surface area contributed by atoms with E-state index >= 15 is 0 Å². The highest BCUT2D eigenvalue weighted by molar-refractivity contribution is 5.69. The number of rotatable bonds is 10. The Hall–Kier alpha value is -1.14. The summed E-state index contributed by atoms with van der Waals surface area (Å²) in [6.07, 6.45) is 4.24. The molecular formula is C14H26O6. The SMILES string of the molecule is CCC(C)(CCCC(C)C)CC(=O)OOOOC(C)=O. The Kier molecular flexibility index (Phi) is 9.16. The number of carbonyl (C=O) groups is 2. The van der Waals surface area contributed by atoms with E-state index in [9.17, 15) is 9.59 Å². The fourth-order valence-electron chi connectivity index (χ4n) is 1.82. The van der Waals surface area contributed by atoms with Crippen molar-refractivity contribution in [2.24, 2.45) is 11.3 Å². The smallest absolute Gasteiger partial charge is 0.266 e. The van der Waals surface area contributed by atoms with E-state index < -0.39 is 11.9 Å². The van der Waals surface area contributed by atoms with Crippen molar-refractivity contribution in [1.82, 2.24) is 0 Å². The summed E-state index contributed by atoms with van der Waals surface area (Å²) in [5.41, 5.74) is -0.128. The Labute approximate surface area is 120 Å². The van der Waals surface area contributed by atoms with Crippen LogP contribution in [0.3, 0.4) is 0 Å². The van der Waals surface area contributed by atoms with Crippen LogP contribution in [0.1, 0.15) is 66.7 Å².